The summed E-state index contributed by atoms with van der Waals surface area (Å²) in [6.07, 6.45) is 4.05. The predicted octanol–water partition coefficient (Wildman–Crippen LogP) is 2.02. The van der Waals surface area contributed by atoms with Gasteiger partial charge in [-0.3, -0.25) is 4.79 Å². The first-order valence-corrected chi connectivity index (χ1v) is 5.76. The van der Waals surface area contributed by atoms with Crippen LogP contribution in [0.25, 0.3) is 0 Å². The molecule has 17 heavy (non-hydrogen) atoms. The van der Waals surface area contributed by atoms with Crippen LogP contribution in [0.15, 0.2) is 31.0 Å². The van der Waals surface area contributed by atoms with Gasteiger partial charge in [-0.1, -0.05) is 6.08 Å². The third-order valence-electron chi connectivity index (χ3n) is 2.81. The van der Waals surface area contributed by atoms with Crippen molar-refractivity contribution in [1.82, 2.24) is 4.98 Å². The predicted molar refractivity (Wildman–Crippen MR) is 66.1 cm³/mol. The smallest absolute Gasteiger partial charge is 0.227 e. The molecule has 1 unspecified atom stereocenters. The molecule has 2 heterocycles. The molecule has 1 saturated heterocycles. The van der Waals surface area contributed by atoms with Gasteiger partial charge in [-0.15, -0.1) is 6.58 Å². The minimum atomic E-state index is 0.126. The normalized spacial score (nSPS) is 19.5. The molecule has 0 radical (unpaired) electrons. The Balaban J connectivity index is 2.12. The maximum absolute atomic E-state index is 11.8. The van der Waals surface area contributed by atoms with Crippen molar-refractivity contribution in [3.8, 4) is 5.88 Å². The molecule has 4 heteroatoms. The highest BCUT2D eigenvalue weighted by molar-refractivity contribution is 5.95. The van der Waals surface area contributed by atoms with E-state index in [0.29, 0.717) is 25.5 Å². The lowest BCUT2D eigenvalue weighted by atomic mass is 10.1. The summed E-state index contributed by atoms with van der Waals surface area (Å²) in [5.74, 6) is 0.957. The van der Waals surface area contributed by atoms with E-state index in [-0.39, 0.29) is 11.8 Å². The van der Waals surface area contributed by atoms with E-state index in [1.807, 2.05) is 19.1 Å². The van der Waals surface area contributed by atoms with Crippen molar-refractivity contribution in [2.75, 3.05) is 18.1 Å². The third kappa shape index (κ3) is 2.46. The lowest BCUT2D eigenvalue weighted by molar-refractivity contribution is -0.117. The molecule has 0 bridgehead atoms. The van der Waals surface area contributed by atoms with Crippen LogP contribution in [0.2, 0.25) is 0 Å². The van der Waals surface area contributed by atoms with Gasteiger partial charge in [-0.05, 0) is 13.0 Å². The van der Waals surface area contributed by atoms with Crippen LogP contribution in [0.4, 0.5) is 5.69 Å². The Morgan fingerprint density at radius 2 is 2.47 bits per heavy atom. The molecule has 0 aromatic carbocycles. The molecule has 0 saturated carbocycles. The van der Waals surface area contributed by atoms with Crippen LogP contribution in [-0.4, -0.2) is 24.0 Å². The SMILES string of the molecule is C=CC1CC(=O)N(c2ccc(OCC)nc2)C1. The summed E-state index contributed by atoms with van der Waals surface area (Å²) in [6.45, 7) is 6.92. The van der Waals surface area contributed by atoms with E-state index < -0.39 is 0 Å². The molecular formula is C13H16N2O2. The van der Waals surface area contributed by atoms with Gasteiger partial charge >= 0.3 is 0 Å². The van der Waals surface area contributed by atoms with Crippen LogP contribution in [0, 0.1) is 5.92 Å². The van der Waals surface area contributed by atoms with E-state index in [4.69, 9.17) is 4.74 Å². The van der Waals surface area contributed by atoms with Gasteiger partial charge in [-0.2, -0.15) is 0 Å². The number of hydrogen-bond donors (Lipinski definition) is 0. The largest absolute Gasteiger partial charge is 0.478 e. The summed E-state index contributed by atoms with van der Waals surface area (Å²) in [7, 11) is 0. The van der Waals surface area contributed by atoms with Gasteiger partial charge in [0.25, 0.3) is 0 Å². The van der Waals surface area contributed by atoms with Gasteiger partial charge < -0.3 is 9.64 Å². The van der Waals surface area contributed by atoms with Crippen LogP contribution in [0.3, 0.4) is 0 Å². The van der Waals surface area contributed by atoms with Crippen LogP contribution < -0.4 is 9.64 Å². The standard InChI is InChI=1S/C13H16N2O2/c1-3-10-7-13(16)15(9-10)11-5-6-12(14-8-11)17-4-2/h3,5-6,8,10H,1,4,7,9H2,2H3. The Labute approximate surface area is 101 Å². The number of nitrogens with zero attached hydrogens (tertiary/aromatic N) is 2. The Bertz CT molecular complexity index is 414. The fourth-order valence-electron chi connectivity index (χ4n) is 1.91. The molecule has 1 amide bonds. The molecule has 90 valence electrons. The Morgan fingerprint density at radius 1 is 1.65 bits per heavy atom. The van der Waals surface area contributed by atoms with Gasteiger partial charge in [0, 0.05) is 24.9 Å². The molecule has 1 aromatic rings. The number of carbonyl (C=O) groups is 1. The number of amides is 1. The van der Waals surface area contributed by atoms with E-state index in [9.17, 15) is 4.79 Å². The second kappa shape index (κ2) is 4.99. The Kier molecular flexibility index (Phi) is 3.42. The number of aromatic nitrogens is 1. The molecule has 0 N–H and O–H groups in total. The zero-order valence-electron chi connectivity index (χ0n) is 9.93. The maximum atomic E-state index is 11.8. The fraction of sp³-hybridized carbons (Fsp3) is 0.385. The highest BCUT2D eigenvalue weighted by Crippen LogP contribution is 2.25. The molecule has 0 spiro atoms. The Morgan fingerprint density at radius 3 is 3.00 bits per heavy atom. The number of ether oxygens (including phenoxy) is 1. The molecular weight excluding hydrogens is 216 g/mol. The molecule has 0 aliphatic carbocycles. The summed E-state index contributed by atoms with van der Waals surface area (Å²) < 4.78 is 5.26. The van der Waals surface area contributed by atoms with Crippen LogP contribution in [-0.2, 0) is 4.79 Å². The monoisotopic (exact) mass is 232 g/mol. The molecule has 1 fully saturated rings. The first-order valence-electron chi connectivity index (χ1n) is 5.76. The molecule has 1 atom stereocenters. The lowest BCUT2D eigenvalue weighted by Gasteiger charge is -2.15. The second-order valence-corrected chi connectivity index (χ2v) is 3.99. The number of hydrogen-bond acceptors (Lipinski definition) is 3. The maximum Gasteiger partial charge on any atom is 0.227 e. The van der Waals surface area contributed by atoms with E-state index in [0.717, 1.165) is 5.69 Å². The van der Waals surface area contributed by atoms with Crippen molar-refractivity contribution in [2.24, 2.45) is 5.92 Å². The van der Waals surface area contributed by atoms with E-state index in [2.05, 4.69) is 11.6 Å². The quantitative estimate of drug-likeness (QED) is 0.746. The fourth-order valence-corrected chi connectivity index (χ4v) is 1.91. The van der Waals surface area contributed by atoms with Gasteiger partial charge in [0.15, 0.2) is 0 Å². The van der Waals surface area contributed by atoms with Gasteiger partial charge in [0.2, 0.25) is 11.8 Å². The molecule has 2 rings (SSSR count). The third-order valence-corrected chi connectivity index (χ3v) is 2.81. The second-order valence-electron chi connectivity index (χ2n) is 3.99. The zero-order chi connectivity index (χ0) is 12.3. The first kappa shape index (κ1) is 11.6. The number of carbonyl (C=O) groups excluding carboxylic acids is 1. The van der Waals surface area contributed by atoms with Crippen molar-refractivity contribution in [1.29, 1.82) is 0 Å². The molecule has 1 aromatic heterocycles. The van der Waals surface area contributed by atoms with Crippen molar-refractivity contribution >= 4 is 11.6 Å². The molecule has 4 nitrogen and oxygen atoms in total. The number of anilines is 1. The van der Waals surface area contributed by atoms with Crippen molar-refractivity contribution in [3.05, 3.63) is 31.0 Å². The Hall–Kier alpha value is -1.84. The highest BCUT2D eigenvalue weighted by Gasteiger charge is 2.28. The average molecular weight is 232 g/mol. The van der Waals surface area contributed by atoms with Crippen LogP contribution in [0.5, 0.6) is 5.88 Å². The lowest BCUT2D eigenvalue weighted by Crippen LogP contribution is -2.24. The van der Waals surface area contributed by atoms with E-state index >= 15 is 0 Å². The van der Waals surface area contributed by atoms with Crippen LogP contribution in [0.1, 0.15) is 13.3 Å². The first-order chi connectivity index (χ1) is 8.24. The van der Waals surface area contributed by atoms with Gasteiger partial charge in [0.1, 0.15) is 0 Å². The summed E-state index contributed by atoms with van der Waals surface area (Å²) in [6, 6.07) is 3.65. The van der Waals surface area contributed by atoms with E-state index in [1.54, 1.807) is 17.2 Å². The van der Waals surface area contributed by atoms with Crippen molar-refractivity contribution in [2.45, 2.75) is 13.3 Å². The highest BCUT2D eigenvalue weighted by atomic mass is 16.5. The van der Waals surface area contributed by atoms with Gasteiger partial charge in [-0.25, -0.2) is 4.98 Å². The summed E-state index contributed by atoms with van der Waals surface area (Å²) in [5.41, 5.74) is 0.822. The zero-order valence-corrected chi connectivity index (χ0v) is 9.93. The number of rotatable bonds is 4. The van der Waals surface area contributed by atoms with E-state index in [1.165, 1.54) is 0 Å². The average Bonchev–Trinajstić information content (AvgIpc) is 2.72. The topological polar surface area (TPSA) is 42.4 Å². The number of pyridine rings is 1. The minimum Gasteiger partial charge on any atom is -0.478 e. The molecule has 1 aliphatic heterocycles. The summed E-state index contributed by atoms with van der Waals surface area (Å²) >= 11 is 0. The minimum absolute atomic E-state index is 0.126. The summed E-state index contributed by atoms with van der Waals surface area (Å²) in [5, 5.41) is 0. The van der Waals surface area contributed by atoms with Crippen molar-refractivity contribution in [3.63, 3.8) is 0 Å². The van der Waals surface area contributed by atoms with Crippen LogP contribution >= 0.6 is 0 Å². The van der Waals surface area contributed by atoms with Gasteiger partial charge in [0.05, 0.1) is 18.5 Å². The van der Waals surface area contributed by atoms with Crippen molar-refractivity contribution < 1.29 is 9.53 Å². The summed E-state index contributed by atoms with van der Waals surface area (Å²) in [4.78, 5) is 17.7. The molecule has 1 aliphatic rings.